The highest BCUT2D eigenvalue weighted by atomic mass is 79.9. The van der Waals surface area contributed by atoms with Gasteiger partial charge in [-0.3, -0.25) is 9.48 Å². The first-order valence-corrected chi connectivity index (χ1v) is 12.2. The first-order chi connectivity index (χ1) is 15.3. The number of aromatic nitrogens is 4. The van der Waals surface area contributed by atoms with E-state index in [1.165, 1.54) is 6.42 Å². The molecule has 0 radical (unpaired) electrons. The first-order valence-electron chi connectivity index (χ1n) is 11.4. The molecular weight excluding hydrogens is 476 g/mol. The van der Waals surface area contributed by atoms with Gasteiger partial charge in [0.1, 0.15) is 4.47 Å². The predicted molar refractivity (Wildman–Crippen MR) is 121 cm³/mol. The van der Waals surface area contributed by atoms with Crippen LogP contribution in [0.4, 0.5) is 5.82 Å². The van der Waals surface area contributed by atoms with Gasteiger partial charge in [0.05, 0.1) is 23.0 Å². The van der Waals surface area contributed by atoms with Crippen LogP contribution in [0.5, 0.6) is 0 Å². The Hall–Kier alpha value is -2.23. The summed E-state index contributed by atoms with van der Waals surface area (Å²) in [5, 5.41) is 23.1. The van der Waals surface area contributed by atoms with E-state index in [1.54, 1.807) is 6.20 Å². The van der Waals surface area contributed by atoms with Crippen molar-refractivity contribution in [3.8, 4) is 0 Å². The second-order valence-corrected chi connectivity index (χ2v) is 11.2. The molecule has 9 nitrogen and oxygen atoms in total. The third kappa shape index (κ3) is 3.97. The zero-order valence-electron chi connectivity index (χ0n) is 18.3. The standard InChI is InChI=1S/C22H29BrN6O3/c1-15-11-25-27(12-15)4-2-3-24-19(30)10-21-6-16-5-17(7-21)9-22(8-16,14-21)28-13-18(23)20(26-28)29(31)32/h11-13,16-17H,2-10,14H2,1H3,(H,24,30). The van der Waals surface area contributed by atoms with E-state index in [0.29, 0.717) is 29.3 Å². The minimum absolute atomic E-state index is 0.0273. The van der Waals surface area contributed by atoms with E-state index in [4.69, 9.17) is 0 Å². The maximum absolute atomic E-state index is 12.9. The molecule has 6 rings (SSSR count). The number of nitrogens with zero attached hydrogens (tertiary/aromatic N) is 5. The number of hydrogen-bond acceptors (Lipinski definition) is 5. The van der Waals surface area contributed by atoms with E-state index in [0.717, 1.165) is 50.6 Å². The van der Waals surface area contributed by atoms with E-state index < -0.39 is 4.92 Å². The van der Waals surface area contributed by atoms with Crippen LogP contribution in [0, 0.1) is 34.3 Å². The minimum atomic E-state index is -0.436. The van der Waals surface area contributed by atoms with Crippen molar-refractivity contribution in [1.82, 2.24) is 24.9 Å². The Balaban J connectivity index is 1.25. The minimum Gasteiger partial charge on any atom is -0.358 e. The number of amides is 1. The molecule has 1 amide bonds. The number of halogens is 1. The van der Waals surface area contributed by atoms with Crippen molar-refractivity contribution in [3.63, 3.8) is 0 Å². The molecule has 1 N–H and O–H groups in total. The van der Waals surface area contributed by atoms with Gasteiger partial charge in [0.15, 0.2) is 0 Å². The summed E-state index contributed by atoms with van der Waals surface area (Å²) >= 11 is 3.31. The van der Waals surface area contributed by atoms with Gasteiger partial charge < -0.3 is 15.4 Å². The lowest BCUT2D eigenvalue weighted by Crippen LogP contribution is -2.57. The molecule has 2 unspecified atom stereocenters. The van der Waals surface area contributed by atoms with Gasteiger partial charge in [-0.2, -0.15) is 9.78 Å². The van der Waals surface area contributed by atoms with Crippen LogP contribution in [0.3, 0.4) is 0 Å². The average molecular weight is 505 g/mol. The van der Waals surface area contributed by atoms with E-state index in [1.807, 2.05) is 28.7 Å². The predicted octanol–water partition coefficient (Wildman–Crippen LogP) is 3.95. The fourth-order valence-corrected chi connectivity index (χ4v) is 7.47. The molecule has 10 heteroatoms. The molecule has 4 bridgehead atoms. The number of carbonyl (C=O) groups is 1. The van der Waals surface area contributed by atoms with E-state index in [2.05, 4.69) is 31.4 Å². The van der Waals surface area contributed by atoms with Gasteiger partial charge >= 0.3 is 5.82 Å². The van der Waals surface area contributed by atoms with Crippen LogP contribution >= 0.6 is 15.9 Å². The smallest absolute Gasteiger partial charge is 0.358 e. The number of carbonyl (C=O) groups excluding carboxylic acids is 1. The molecule has 0 aromatic carbocycles. The summed E-state index contributed by atoms with van der Waals surface area (Å²) in [6.45, 7) is 3.45. The Morgan fingerprint density at radius 2 is 2.06 bits per heavy atom. The van der Waals surface area contributed by atoms with Crippen molar-refractivity contribution in [2.75, 3.05) is 6.54 Å². The molecule has 172 valence electrons. The number of hydrogen-bond donors (Lipinski definition) is 1. The summed E-state index contributed by atoms with van der Waals surface area (Å²) in [6.07, 6.45) is 13.2. The molecule has 0 aliphatic heterocycles. The van der Waals surface area contributed by atoms with Gasteiger partial charge in [-0.05, 0) is 95.5 Å². The van der Waals surface area contributed by atoms with Crippen molar-refractivity contribution in [2.24, 2.45) is 17.3 Å². The molecule has 2 heterocycles. The fourth-order valence-electron chi connectivity index (χ4n) is 7.05. The number of rotatable bonds is 8. The molecule has 4 aliphatic rings. The Kier molecular flexibility index (Phi) is 5.38. The Labute approximate surface area is 195 Å². The topological polar surface area (TPSA) is 108 Å². The molecular formula is C22H29BrN6O3. The molecule has 2 aromatic heterocycles. The maximum Gasteiger partial charge on any atom is 0.404 e. The van der Waals surface area contributed by atoms with Crippen molar-refractivity contribution in [2.45, 2.75) is 70.4 Å². The number of nitrogens with one attached hydrogen (secondary N) is 1. The van der Waals surface area contributed by atoms with Crippen LogP contribution < -0.4 is 5.32 Å². The molecule has 4 fully saturated rings. The van der Waals surface area contributed by atoms with Gasteiger partial charge in [0.2, 0.25) is 5.91 Å². The van der Waals surface area contributed by atoms with E-state index in [-0.39, 0.29) is 22.7 Å². The van der Waals surface area contributed by atoms with Crippen LogP contribution in [-0.4, -0.2) is 36.9 Å². The maximum atomic E-state index is 12.9. The lowest BCUT2D eigenvalue weighted by molar-refractivity contribution is -0.390. The Morgan fingerprint density at radius 1 is 1.31 bits per heavy atom. The van der Waals surface area contributed by atoms with Gasteiger partial charge in [-0.1, -0.05) is 0 Å². The van der Waals surface area contributed by atoms with Crippen molar-refractivity contribution >= 4 is 27.7 Å². The lowest BCUT2D eigenvalue weighted by Gasteiger charge is -2.61. The largest absolute Gasteiger partial charge is 0.404 e. The fraction of sp³-hybridized carbons (Fsp3) is 0.682. The zero-order valence-corrected chi connectivity index (χ0v) is 19.9. The quantitative estimate of drug-likeness (QED) is 0.332. The zero-order chi connectivity index (χ0) is 22.5. The number of aryl methyl sites for hydroxylation is 2. The summed E-state index contributed by atoms with van der Waals surface area (Å²) < 4.78 is 4.19. The van der Waals surface area contributed by atoms with Crippen LogP contribution in [0.1, 0.15) is 56.9 Å². The van der Waals surface area contributed by atoms with Crippen molar-refractivity contribution < 1.29 is 9.72 Å². The highest BCUT2D eigenvalue weighted by molar-refractivity contribution is 9.10. The van der Waals surface area contributed by atoms with Gasteiger partial charge in [0, 0.05) is 25.7 Å². The molecule has 2 atom stereocenters. The first kappa shape index (κ1) is 21.6. The molecule has 4 aliphatic carbocycles. The van der Waals surface area contributed by atoms with Crippen LogP contribution in [0.2, 0.25) is 0 Å². The van der Waals surface area contributed by atoms with E-state index in [9.17, 15) is 14.9 Å². The average Bonchev–Trinajstić information content (AvgIpc) is 3.29. The lowest BCUT2D eigenvalue weighted by atomic mass is 9.46. The van der Waals surface area contributed by atoms with Crippen LogP contribution in [0.25, 0.3) is 0 Å². The summed E-state index contributed by atoms with van der Waals surface area (Å²) in [6, 6.07) is 0. The monoisotopic (exact) mass is 504 g/mol. The van der Waals surface area contributed by atoms with E-state index >= 15 is 0 Å². The molecule has 0 saturated heterocycles. The second kappa shape index (κ2) is 7.97. The number of nitro groups is 1. The molecule has 0 spiro atoms. The third-order valence-electron chi connectivity index (χ3n) is 7.65. The van der Waals surface area contributed by atoms with Crippen molar-refractivity contribution in [1.29, 1.82) is 0 Å². The Morgan fingerprint density at radius 3 is 2.69 bits per heavy atom. The summed E-state index contributed by atoms with van der Waals surface area (Å²) in [5.41, 5.74) is 0.902. The van der Waals surface area contributed by atoms with Gasteiger partial charge in [0.25, 0.3) is 0 Å². The summed E-state index contributed by atoms with van der Waals surface area (Å²) in [4.78, 5) is 23.8. The second-order valence-electron chi connectivity index (χ2n) is 10.3. The van der Waals surface area contributed by atoms with Crippen LogP contribution in [0.15, 0.2) is 23.1 Å². The Bertz CT molecular complexity index is 1030. The van der Waals surface area contributed by atoms with Gasteiger partial charge in [-0.15, -0.1) is 0 Å². The molecule has 32 heavy (non-hydrogen) atoms. The highest BCUT2D eigenvalue weighted by Crippen LogP contribution is 2.65. The highest BCUT2D eigenvalue weighted by Gasteiger charge is 2.60. The molecule has 2 aromatic rings. The summed E-state index contributed by atoms with van der Waals surface area (Å²) in [5.74, 6) is 1.12. The normalized spacial score (nSPS) is 30.6. The third-order valence-corrected chi connectivity index (χ3v) is 8.21. The SMILES string of the molecule is Cc1cnn(CCCNC(=O)CC23CC4CC(C2)CC(n2cc(Br)c([N+](=O)[O-])n2)(C4)C3)c1. The van der Waals surface area contributed by atoms with Gasteiger partial charge in [-0.25, -0.2) is 0 Å². The van der Waals surface area contributed by atoms with Crippen LogP contribution in [-0.2, 0) is 16.9 Å². The summed E-state index contributed by atoms with van der Waals surface area (Å²) in [7, 11) is 0. The molecule has 4 saturated carbocycles. The van der Waals surface area contributed by atoms with Crippen molar-refractivity contribution in [3.05, 3.63) is 38.7 Å².